The normalized spacial score (nSPS) is 0. The largest absolute Gasteiger partial charge is 2.00 e. The van der Waals surface area contributed by atoms with Gasteiger partial charge >= 0.3 is 71.9 Å². The van der Waals surface area contributed by atoms with Crippen LogP contribution in [0.2, 0.25) is 0 Å². The van der Waals surface area contributed by atoms with E-state index in [-0.39, 0.29) is 153 Å². The summed E-state index contributed by atoms with van der Waals surface area (Å²) in [4.78, 5) is 0. The number of hydrogen-bond acceptors (Lipinski definition) is 0. The van der Waals surface area contributed by atoms with Crippen LogP contribution < -0.4 is 0 Å². The molecule has 0 rings (SSSR count). The van der Waals surface area contributed by atoms with Crippen molar-refractivity contribution in [1.29, 1.82) is 0 Å². The molecule has 0 heterocycles. The Morgan fingerprint density at radius 1 is 0.714 bits per heavy atom. The Balaban J connectivity index is 0. The Kier molecular flexibility index (Phi) is 425. The number of rotatable bonds is 0. The third-order valence-electron chi connectivity index (χ3n) is 0. The van der Waals surface area contributed by atoms with Crippen molar-refractivity contribution in [3.63, 3.8) is 0 Å². The average molecular weight is 328 g/mol. The third-order valence-corrected chi connectivity index (χ3v) is 0. The maximum atomic E-state index is 0. The molecule has 0 aliphatic heterocycles. The van der Waals surface area contributed by atoms with Gasteiger partial charge in [0.2, 0.25) is 0 Å². The van der Waals surface area contributed by atoms with Crippen molar-refractivity contribution < 1.29 is 5.71 Å². The van der Waals surface area contributed by atoms with Crippen molar-refractivity contribution in [2.24, 2.45) is 0 Å². The molecular weight excluding hydrogens is 312 g/mol. The maximum Gasteiger partial charge on any atom is 2.00 e. The first kappa shape index (κ1) is 63.1. The molecule has 0 nitrogen and oxygen atoms in total. The quantitative estimate of drug-likeness (QED) is 0.438. The SMILES string of the molecule is S.S.S.[AlH3].[AlH3].[Ba+2].[H-].[H-].[H-].[H-].[Mg+2]. The Morgan fingerprint density at radius 3 is 0.714 bits per heavy atom. The zero-order valence-electron chi connectivity index (χ0n) is 6.91. The van der Waals surface area contributed by atoms with Crippen LogP contribution in [0, 0.1) is 0 Å². The summed E-state index contributed by atoms with van der Waals surface area (Å²) in [7, 11) is 0. The van der Waals surface area contributed by atoms with E-state index >= 15 is 0 Å². The second kappa shape index (κ2) is 47.1. The first-order valence-corrected chi connectivity index (χ1v) is 0. The first-order chi connectivity index (χ1) is 0. The van der Waals surface area contributed by atoms with Crippen molar-refractivity contribution in [2.45, 2.75) is 0 Å². The van der Waals surface area contributed by atoms with Crippen molar-refractivity contribution >= 4 is 147 Å². The summed E-state index contributed by atoms with van der Waals surface area (Å²) in [6.45, 7) is 0. The van der Waals surface area contributed by atoms with Crippen LogP contribution in [0.3, 0.4) is 0 Å². The van der Waals surface area contributed by atoms with E-state index in [1.165, 1.54) is 0 Å². The second-order valence-corrected chi connectivity index (χ2v) is 0. The van der Waals surface area contributed by atoms with Crippen LogP contribution in [0.15, 0.2) is 0 Å². The van der Waals surface area contributed by atoms with E-state index in [4.69, 9.17) is 0 Å². The molecule has 0 fully saturated rings. The summed E-state index contributed by atoms with van der Waals surface area (Å²) in [5.74, 6) is 0. The van der Waals surface area contributed by atoms with Crippen LogP contribution in [0.4, 0.5) is 0 Å². The fraction of sp³-hybridized carbons (Fsp3) is 0. The van der Waals surface area contributed by atoms with E-state index < -0.39 is 0 Å². The molecule has 0 aromatic rings. The van der Waals surface area contributed by atoms with Gasteiger partial charge in [0.05, 0.1) is 0 Å². The zero-order chi connectivity index (χ0) is 0. The Morgan fingerprint density at radius 2 is 0.714 bits per heavy atom. The zero-order valence-corrected chi connectivity index (χ0v) is 11.8. The standard InChI is InChI=1S/2Al.Ba.Mg.3H2S.10H/h;;;;3*1H2;;;;;;;;;;/q;;2*+2;;;;;;;;;;4*-1. The van der Waals surface area contributed by atoms with Crippen molar-refractivity contribution in [3.05, 3.63) is 0 Å². The van der Waals surface area contributed by atoms with Gasteiger partial charge in [-0.1, -0.05) is 0 Å². The molecule has 0 N–H and O–H groups in total. The van der Waals surface area contributed by atoms with Crippen LogP contribution in [0.25, 0.3) is 0 Å². The van der Waals surface area contributed by atoms with E-state index in [2.05, 4.69) is 0 Å². The van der Waals surface area contributed by atoms with Gasteiger partial charge in [0.15, 0.2) is 34.7 Å². The summed E-state index contributed by atoms with van der Waals surface area (Å²) in [6.07, 6.45) is 0. The van der Waals surface area contributed by atoms with Crippen LogP contribution in [0.5, 0.6) is 0 Å². The van der Waals surface area contributed by atoms with Gasteiger partial charge in [0.25, 0.3) is 0 Å². The Bertz CT molecular complexity index is 23.3. The number of hydrogen-bond donors (Lipinski definition) is 0. The molecule has 0 amide bonds. The van der Waals surface area contributed by atoms with Gasteiger partial charge in [-0.15, -0.1) is 0 Å². The fourth-order valence-electron chi connectivity index (χ4n) is 0. The predicted molar refractivity (Wildman–Crippen MR) is 67.0 cm³/mol. The minimum Gasteiger partial charge on any atom is -1.00 e. The van der Waals surface area contributed by atoms with E-state index in [0.717, 1.165) is 0 Å². The molecule has 0 unspecified atom stereocenters. The molecule has 0 bridgehead atoms. The second-order valence-electron chi connectivity index (χ2n) is 0. The van der Waals surface area contributed by atoms with E-state index in [1.54, 1.807) is 0 Å². The minimum atomic E-state index is 0. The molecule has 0 atom stereocenters. The first-order valence-electron chi connectivity index (χ1n) is 0. The summed E-state index contributed by atoms with van der Waals surface area (Å²) in [5.41, 5.74) is 0. The molecule has 0 aromatic heterocycles. The average Bonchev–Trinajstić information content (AvgIpc) is 0. The van der Waals surface area contributed by atoms with Crippen molar-refractivity contribution in [2.75, 3.05) is 0 Å². The molecule has 7 heteroatoms. The summed E-state index contributed by atoms with van der Waals surface area (Å²) in [5, 5.41) is 0. The Hall–Kier alpha value is 4.45. The molecule has 0 saturated heterocycles. The van der Waals surface area contributed by atoms with Crippen molar-refractivity contribution in [1.82, 2.24) is 0 Å². The van der Waals surface area contributed by atoms with Gasteiger partial charge in [-0.2, -0.15) is 40.5 Å². The van der Waals surface area contributed by atoms with Gasteiger partial charge in [-0.05, 0) is 0 Å². The van der Waals surface area contributed by atoms with Crippen LogP contribution in [-0.2, 0) is 0 Å². The Labute approximate surface area is 149 Å². The molecule has 0 aliphatic carbocycles. The van der Waals surface area contributed by atoms with E-state index in [0.29, 0.717) is 0 Å². The summed E-state index contributed by atoms with van der Waals surface area (Å²) >= 11 is 0. The predicted octanol–water partition coefficient (Wildman–Crippen LogP) is -2.34. The monoisotopic (exact) mass is 328 g/mol. The van der Waals surface area contributed by atoms with Crippen molar-refractivity contribution in [3.8, 4) is 0 Å². The summed E-state index contributed by atoms with van der Waals surface area (Å²) in [6, 6.07) is 0. The van der Waals surface area contributed by atoms with Gasteiger partial charge in [0.1, 0.15) is 0 Å². The van der Waals surface area contributed by atoms with Crippen LogP contribution in [-0.4, -0.2) is 107 Å². The molecule has 44 valence electrons. The van der Waals surface area contributed by atoms with Gasteiger partial charge in [0, 0.05) is 0 Å². The van der Waals surface area contributed by atoms with Gasteiger partial charge in [-0.25, -0.2) is 0 Å². The molecule has 0 spiro atoms. The van der Waals surface area contributed by atoms with Gasteiger partial charge in [-0.3, -0.25) is 0 Å². The van der Waals surface area contributed by atoms with Gasteiger partial charge < -0.3 is 5.71 Å². The maximum absolute atomic E-state index is 0. The minimum absolute atomic E-state index is 0. The van der Waals surface area contributed by atoms with E-state index in [9.17, 15) is 0 Å². The van der Waals surface area contributed by atoms with Crippen LogP contribution in [0.1, 0.15) is 5.71 Å². The molecule has 0 saturated carbocycles. The molecular formula is H16Al2BaMgS3. The third kappa shape index (κ3) is 37.7. The molecule has 0 radical (unpaired) electrons. The molecule has 7 heavy (non-hydrogen) atoms. The van der Waals surface area contributed by atoms with E-state index in [1.807, 2.05) is 0 Å². The smallest absolute Gasteiger partial charge is 1.00 e. The van der Waals surface area contributed by atoms with Crippen LogP contribution >= 0.6 is 40.5 Å². The molecule has 0 aromatic carbocycles. The topological polar surface area (TPSA) is 0 Å². The fourth-order valence-corrected chi connectivity index (χ4v) is 0. The molecule has 0 aliphatic rings. The summed E-state index contributed by atoms with van der Waals surface area (Å²) < 4.78 is 0.